The van der Waals surface area contributed by atoms with Crippen LogP contribution >= 0.6 is 23.1 Å². The van der Waals surface area contributed by atoms with Gasteiger partial charge in [-0.15, -0.1) is 23.1 Å². The van der Waals surface area contributed by atoms with Crippen molar-refractivity contribution in [2.24, 2.45) is 5.16 Å². The van der Waals surface area contributed by atoms with E-state index in [1.165, 1.54) is 23.2 Å². The molecule has 3 heterocycles. The largest absolute Gasteiger partial charge is 0.477 e. The second-order valence-corrected chi connectivity index (χ2v) is 7.91. The molecule has 1 saturated heterocycles. The number of hydrogen-bond donors (Lipinski definition) is 3. The molecule has 2 amide bonds. The van der Waals surface area contributed by atoms with Gasteiger partial charge in [0.1, 0.15) is 22.8 Å². The maximum absolute atomic E-state index is 12.8. The minimum Gasteiger partial charge on any atom is -0.477 e. The van der Waals surface area contributed by atoms with E-state index < -0.39 is 41.8 Å². The van der Waals surface area contributed by atoms with Gasteiger partial charge < -0.3 is 25.7 Å². The van der Waals surface area contributed by atoms with Crippen LogP contribution in [-0.2, 0) is 28.8 Å². The van der Waals surface area contributed by atoms with Gasteiger partial charge in [-0.3, -0.25) is 14.5 Å². The van der Waals surface area contributed by atoms with E-state index in [1.54, 1.807) is 6.92 Å². The number of fused-ring (bicyclic) bond motifs is 1. The van der Waals surface area contributed by atoms with Gasteiger partial charge in [0.15, 0.2) is 10.8 Å². The zero-order valence-corrected chi connectivity index (χ0v) is 17.2. The average molecular weight is 455 g/mol. The molecular formula is C16H17N5O7S2. The van der Waals surface area contributed by atoms with Crippen molar-refractivity contribution in [3.05, 3.63) is 22.8 Å². The number of carbonyl (C=O) groups is 4. The Morgan fingerprint density at radius 2 is 2.23 bits per heavy atom. The van der Waals surface area contributed by atoms with Gasteiger partial charge in [0, 0.05) is 11.1 Å². The minimum atomic E-state index is -1.22. The van der Waals surface area contributed by atoms with E-state index in [4.69, 9.17) is 15.3 Å². The molecule has 0 radical (unpaired) electrons. The second-order valence-electron chi connectivity index (χ2n) is 5.87. The number of carboxylic acid groups (broad SMARTS) is 1. The summed E-state index contributed by atoms with van der Waals surface area (Å²) >= 11 is 2.38. The first-order valence-corrected chi connectivity index (χ1v) is 10.5. The lowest BCUT2D eigenvalue weighted by atomic mass is 10.0. The summed E-state index contributed by atoms with van der Waals surface area (Å²) < 4.78 is 4.71. The fraction of sp³-hybridized carbons (Fsp3) is 0.375. The highest BCUT2D eigenvalue weighted by atomic mass is 32.2. The van der Waals surface area contributed by atoms with Crippen LogP contribution in [-0.4, -0.2) is 74.8 Å². The van der Waals surface area contributed by atoms with Gasteiger partial charge in [-0.1, -0.05) is 5.16 Å². The number of nitrogens with zero attached hydrogens (tertiary/aromatic N) is 3. The molecule has 1 aromatic heterocycles. The summed E-state index contributed by atoms with van der Waals surface area (Å²) in [5.41, 5.74) is 5.30. The van der Waals surface area contributed by atoms with E-state index in [2.05, 4.69) is 15.5 Å². The Kier molecular flexibility index (Phi) is 6.56. The summed E-state index contributed by atoms with van der Waals surface area (Å²) in [6, 6.07) is -0.947. The molecule has 2 aliphatic heterocycles. The van der Waals surface area contributed by atoms with E-state index >= 15 is 0 Å². The third-order valence-corrected chi connectivity index (χ3v) is 5.83. The number of esters is 1. The maximum atomic E-state index is 12.8. The Bertz CT molecular complexity index is 944. The number of rotatable bonds is 8. The number of β-lactam (4-membered cyclic amide) rings is 1. The van der Waals surface area contributed by atoms with E-state index in [-0.39, 0.29) is 28.8 Å². The quantitative estimate of drug-likeness (QED) is 0.198. The first kappa shape index (κ1) is 21.6. The number of amides is 2. The van der Waals surface area contributed by atoms with E-state index in [9.17, 15) is 24.3 Å². The van der Waals surface area contributed by atoms with Gasteiger partial charge in [0.25, 0.3) is 11.8 Å². The summed E-state index contributed by atoms with van der Waals surface area (Å²) in [6.07, 6.45) is 1.44. The number of carboxylic acids is 1. The van der Waals surface area contributed by atoms with E-state index in [1.807, 2.05) is 0 Å². The van der Waals surface area contributed by atoms with Gasteiger partial charge >= 0.3 is 11.9 Å². The topological polar surface area (TPSA) is 174 Å². The Morgan fingerprint density at radius 1 is 1.47 bits per heavy atom. The van der Waals surface area contributed by atoms with Crippen LogP contribution in [0.5, 0.6) is 0 Å². The summed E-state index contributed by atoms with van der Waals surface area (Å²) in [5, 5.41) is 16.5. The normalized spacial score (nSPS) is 20.6. The molecule has 3 rings (SSSR count). The lowest BCUT2D eigenvalue weighted by Gasteiger charge is -2.48. The summed E-state index contributed by atoms with van der Waals surface area (Å²) in [6.45, 7) is 1.27. The highest BCUT2D eigenvalue weighted by Crippen LogP contribution is 2.37. The minimum absolute atomic E-state index is 0.102. The molecule has 0 saturated carbocycles. The first-order chi connectivity index (χ1) is 14.3. The number of anilines is 1. The number of nitrogens with one attached hydrogen (secondary N) is 1. The molecule has 0 spiro atoms. The van der Waals surface area contributed by atoms with Gasteiger partial charge in [0.2, 0.25) is 6.61 Å². The number of thioether (sulfide) groups is 1. The smallest absolute Gasteiger partial charge is 0.352 e. The number of nitrogens with two attached hydrogens (primary N) is 1. The predicted molar refractivity (Wildman–Crippen MR) is 106 cm³/mol. The summed E-state index contributed by atoms with van der Waals surface area (Å²) in [5.74, 6) is -2.84. The molecule has 30 heavy (non-hydrogen) atoms. The highest BCUT2D eigenvalue weighted by Gasteiger charge is 2.53. The number of aromatic nitrogens is 1. The molecule has 14 heteroatoms. The number of carbonyl (C=O) groups excluding carboxylic acids is 3. The molecular weight excluding hydrogens is 438 g/mol. The van der Waals surface area contributed by atoms with Crippen molar-refractivity contribution >= 4 is 57.7 Å². The van der Waals surface area contributed by atoms with Crippen LogP contribution < -0.4 is 11.1 Å². The molecule has 4 N–H and O–H groups in total. The van der Waals surface area contributed by atoms with E-state index in [0.717, 1.165) is 16.2 Å². The van der Waals surface area contributed by atoms with Crippen molar-refractivity contribution in [2.75, 3.05) is 24.7 Å². The van der Waals surface area contributed by atoms with Crippen LogP contribution in [0.25, 0.3) is 0 Å². The van der Waals surface area contributed by atoms with Crippen LogP contribution in [0.3, 0.4) is 0 Å². The number of ether oxygens (including phenoxy) is 1. The molecule has 12 nitrogen and oxygen atoms in total. The Labute approximate surface area is 178 Å². The molecule has 1 unspecified atom stereocenters. The number of aliphatic carboxylic acids is 1. The Balaban J connectivity index is 1.73. The van der Waals surface area contributed by atoms with Crippen molar-refractivity contribution in [3.8, 4) is 0 Å². The zero-order valence-electron chi connectivity index (χ0n) is 15.6. The maximum Gasteiger partial charge on any atom is 0.352 e. The SMILES string of the molecule is CCOC(=O)CON=C(C(=O)NC1C(=O)N2C(C(=O)O)=CCS[C@@H]12)c1csc(N)n1. The molecule has 1 fully saturated rings. The predicted octanol–water partition coefficient (Wildman–Crippen LogP) is -0.622. The highest BCUT2D eigenvalue weighted by molar-refractivity contribution is 8.00. The molecule has 0 aliphatic carbocycles. The standard InChI is InChI=1S/C16H17N5O7S2/c1-2-27-9(22)5-28-20-10(7-6-30-16(17)18-7)12(23)19-11-13(24)21-8(15(25)26)3-4-29-14(11)21/h3,6,11,14H,2,4-5H2,1H3,(H2,17,18)(H,19,23)(H,25,26)/t11?,14-/m0/s1. The fourth-order valence-electron chi connectivity index (χ4n) is 2.70. The van der Waals surface area contributed by atoms with Crippen LogP contribution in [0.2, 0.25) is 0 Å². The van der Waals surface area contributed by atoms with Crippen LogP contribution in [0.15, 0.2) is 22.3 Å². The van der Waals surface area contributed by atoms with Crippen molar-refractivity contribution in [1.29, 1.82) is 0 Å². The average Bonchev–Trinajstić information content (AvgIpc) is 3.14. The van der Waals surface area contributed by atoms with Gasteiger partial charge in [0.05, 0.1) is 6.61 Å². The number of hydrogen-bond acceptors (Lipinski definition) is 11. The molecule has 0 bridgehead atoms. The van der Waals surface area contributed by atoms with E-state index in [0.29, 0.717) is 5.75 Å². The van der Waals surface area contributed by atoms with Crippen LogP contribution in [0, 0.1) is 0 Å². The molecule has 1 aromatic rings. The molecule has 2 aliphatic rings. The van der Waals surface area contributed by atoms with Crippen LogP contribution in [0.1, 0.15) is 12.6 Å². The third kappa shape index (κ3) is 4.38. The molecule has 2 atom stereocenters. The van der Waals surface area contributed by atoms with Gasteiger partial charge in [-0.05, 0) is 13.0 Å². The second kappa shape index (κ2) is 9.13. The van der Waals surface area contributed by atoms with Crippen molar-refractivity contribution < 1.29 is 33.9 Å². The zero-order chi connectivity index (χ0) is 21.8. The van der Waals surface area contributed by atoms with Gasteiger partial charge in [-0.2, -0.15) is 0 Å². The molecule has 0 aromatic carbocycles. The Hall–Kier alpha value is -3.13. The summed E-state index contributed by atoms with van der Waals surface area (Å²) in [7, 11) is 0. The third-order valence-electron chi connectivity index (χ3n) is 3.98. The lowest BCUT2D eigenvalue weighted by molar-refractivity contribution is -0.150. The van der Waals surface area contributed by atoms with Crippen molar-refractivity contribution in [2.45, 2.75) is 18.3 Å². The van der Waals surface area contributed by atoms with Crippen molar-refractivity contribution in [3.63, 3.8) is 0 Å². The van der Waals surface area contributed by atoms with Crippen LogP contribution in [0.4, 0.5) is 5.13 Å². The number of thiazole rings is 1. The first-order valence-electron chi connectivity index (χ1n) is 8.59. The number of nitrogen functional groups attached to an aromatic ring is 1. The monoisotopic (exact) mass is 455 g/mol. The molecule has 160 valence electrons. The van der Waals surface area contributed by atoms with Gasteiger partial charge in [-0.25, -0.2) is 14.6 Å². The van der Waals surface area contributed by atoms with Crippen molar-refractivity contribution in [1.82, 2.24) is 15.2 Å². The number of oxime groups is 1. The Morgan fingerprint density at radius 3 is 2.87 bits per heavy atom. The summed E-state index contributed by atoms with van der Waals surface area (Å²) in [4.78, 5) is 57.9. The lowest BCUT2D eigenvalue weighted by Crippen LogP contribution is -2.70. The fourth-order valence-corrected chi connectivity index (χ4v) is 4.44.